The van der Waals surface area contributed by atoms with Crippen molar-refractivity contribution in [3.63, 3.8) is 0 Å². The van der Waals surface area contributed by atoms with Gasteiger partial charge in [-0.1, -0.05) is 26.0 Å². The van der Waals surface area contributed by atoms with E-state index in [0.717, 1.165) is 55.2 Å². The predicted molar refractivity (Wildman–Crippen MR) is 111 cm³/mol. The zero-order valence-corrected chi connectivity index (χ0v) is 17.2. The van der Waals surface area contributed by atoms with E-state index in [0.29, 0.717) is 12.3 Å². The average Bonchev–Trinajstić information content (AvgIpc) is 3.18. The summed E-state index contributed by atoms with van der Waals surface area (Å²) in [6.45, 7) is 7.72. The number of fused-ring (bicyclic) bond motifs is 1. The molecule has 0 N–H and O–H groups in total. The Bertz CT molecular complexity index is 909. The molecule has 0 atom stereocenters. The number of rotatable bonds is 9. The predicted octanol–water partition coefficient (Wildman–Crippen LogP) is 3.27. The van der Waals surface area contributed by atoms with Crippen LogP contribution in [0.1, 0.15) is 37.1 Å². The Morgan fingerprint density at radius 3 is 2.79 bits per heavy atom. The summed E-state index contributed by atoms with van der Waals surface area (Å²) in [5.74, 6) is 0.560. The first kappa shape index (κ1) is 20.5. The van der Waals surface area contributed by atoms with E-state index in [9.17, 15) is 14.9 Å². The Labute approximate surface area is 168 Å². The molecule has 0 spiro atoms. The minimum absolute atomic E-state index is 0.0862. The molecule has 0 aliphatic heterocycles. The molecule has 1 aromatic heterocycles. The molecule has 0 amide bonds. The monoisotopic (exact) mass is 402 g/mol. The number of nitro groups is 1. The molecule has 1 aliphatic carbocycles. The lowest BCUT2D eigenvalue weighted by Gasteiger charge is -2.20. The highest BCUT2D eigenvalue weighted by molar-refractivity contribution is 7.98. The first-order valence-corrected chi connectivity index (χ1v) is 10.7. The first-order valence-electron chi connectivity index (χ1n) is 9.74. The fourth-order valence-corrected chi connectivity index (χ4v) is 4.65. The number of nitrogens with zero attached hydrogens (tertiary/aromatic N) is 4. The molecule has 2 aromatic rings. The van der Waals surface area contributed by atoms with Crippen molar-refractivity contribution in [2.45, 2.75) is 50.4 Å². The lowest BCUT2D eigenvalue weighted by atomic mass is 10.2. The Hall–Kier alpha value is -2.19. The summed E-state index contributed by atoms with van der Waals surface area (Å²) in [5, 5.41) is 11.7. The SMILES string of the molecule is CCN(CC)CCn1c2c(c(SCc3cccc([N+](=O)[O-])c3)nc1=O)CCC2. The maximum atomic E-state index is 12.7. The molecule has 0 unspecified atom stereocenters. The van der Waals surface area contributed by atoms with Gasteiger partial charge in [0.1, 0.15) is 5.03 Å². The van der Waals surface area contributed by atoms with Gasteiger partial charge in [-0.05, 0) is 37.9 Å². The van der Waals surface area contributed by atoms with Crippen LogP contribution in [0.4, 0.5) is 5.69 Å². The number of non-ortho nitro benzene ring substituents is 1. The summed E-state index contributed by atoms with van der Waals surface area (Å²) in [7, 11) is 0. The highest BCUT2D eigenvalue weighted by atomic mass is 32.2. The summed E-state index contributed by atoms with van der Waals surface area (Å²) in [5.41, 5.74) is 3.05. The topological polar surface area (TPSA) is 81.3 Å². The molecule has 28 heavy (non-hydrogen) atoms. The molecule has 1 aromatic carbocycles. The molecule has 3 rings (SSSR count). The second kappa shape index (κ2) is 9.34. The molecule has 8 heteroatoms. The van der Waals surface area contributed by atoms with Gasteiger partial charge >= 0.3 is 5.69 Å². The van der Waals surface area contributed by atoms with Crippen LogP contribution in [-0.2, 0) is 25.1 Å². The zero-order valence-electron chi connectivity index (χ0n) is 16.4. The summed E-state index contributed by atoms with van der Waals surface area (Å²) in [4.78, 5) is 29.9. The minimum Gasteiger partial charge on any atom is -0.302 e. The van der Waals surface area contributed by atoms with Crippen molar-refractivity contribution in [3.05, 3.63) is 61.7 Å². The fraction of sp³-hybridized carbons (Fsp3) is 0.500. The van der Waals surface area contributed by atoms with Crippen molar-refractivity contribution in [1.29, 1.82) is 0 Å². The van der Waals surface area contributed by atoms with E-state index in [4.69, 9.17) is 0 Å². The summed E-state index contributed by atoms with van der Waals surface area (Å²) >= 11 is 1.50. The van der Waals surface area contributed by atoms with Crippen molar-refractivity contribution < 1.29 is 4.92 Å². The van der Waals surface area contributed by atoms with Crippen LogP contribution in [0.25, 0.3) is 0 Å². The molecule has 0 fully saturated rings. The first-order chi connectivity index (χ1) is 13.5. The van der Waals surface area contributed by atoms with Crippen LogP contribution < -0.4 is 5.69 Å². The van der Waals surface area contributed by atoms with Gasteiger partial charge < -0.3 is 4.90 Å². The van der Waals surface area contributed by atoms with E-state index in [-0.39, 0.29) is 16.3 Å². The van der Waals surface area contributed by atoms with Crippen LogP contribution in [0.2, 0.25) is 0 Å². The maximum Gasteiger partial charge on any atom is 0.348 e. The van der Waals surface area contributed by atoms with Crippen molar-refractivity contribution in [2.24, 2.45) is 0 Å². The van der Waals surface area contributed by atoms with Crippen molar-refractivity contribution in [3.8, 4) is 0 Å². The van der Waals surface area contributed by atoms with Crippen LogP contribution in [0.5, 0.6) is 0 Å². The molecular weight excluding hydrogens is 376 g/mol. The molecule has 1 heterocycles. The van der Waals surface area contributed by atoms with E-state index < -0.39 is 0 Å². The second-order valence-electron chi connectivity index (χ2n) is 6.87. The summed E-state index contributed by atoms with van der Waals surface area (Å²) < 4.78 is 1.85. The number of hydrogen-bond acceptors (Lipinski definition) is 6. The number of nitro benzene ring substituents is 1. The van der Waals surface area contributed by atoms with Crippen LogP contribution in [0.3, 0.4) is 0 Å². The molecule has 0 saturated carbocycles. The highest BCUT2D eigenvalue weighted by Crippen LogP contribution is 2.31. The number of likely N-dealkylation sites (N-methyl/N-ethyl adjacent to an activating group) is 1. The summed E-state index contributed by atoms with van der Waals surface area (Å²) in [6, 6.07) is 6.63. The minimum atomic E-state index is -0.388. The smallest absolute Gasteiger partial charge is 0.302 e. The van der Waals surface area contributed by atoms with Gasteiger partial charge in [0.25, 0.3) is 5.69 Å². The highest BCUT2D eigenvalue weighted by Gasteiger charge is 2.22. The molecule has 0 bridgehead atoms. The van der Waals surface area contributed by atoms with Crippen molar-refractivity contribution in [2.75, 3.05) is 19.6 Å². The van der Waals surface area contributed by atoms with E-state index in [1.54, 1.807) is 12.1 Å². The second-order valence-corrected chi connectivity index (χ2v) is 7.84. The van der Waals surface area contributed by atoms with Crippen LogP contribution in [0, 0.1) is 10.1 Å². The number of thioether (sulfide) groups is 1. The lowest BCUT2D eigenvalue weighted by Crippen LogP contribution is -2.33. The third kappa shape index (κ3) is 4.62. The largest absolute Gasteiger partial charge is 0.348 e. The Morgan fingerprint density at radius 1 is 1.29 bits per heavy atom. The van der Waals surface area contributed by atoms with E-state index in [1.807, 2.05) is 10.6 Å². The van der Waals surface area contributed by atoms with Gasteiger partial charge in [-0.3, -0.25) is 14.7 Å². The quantitative estimate of drug-likeness (QED) is 0.277. The number of hydrogen-bond donors (Lipinski definition) is 0. The maximum absolute atomic E-state index is 12.7. The van der Waals surface area contributed by atoms with Crippen LogP contribution >= 0.6 is 11.8 Å². The van der Waals surface area contributed by atoms with Gasteiger partial charge in [0.2, 0.25) is 0 Å². The molecule has 7 nitrogen and oxygen atoms in total. The molecule has 0 saturated heterocycles. The molecular formula is C20H26N4O3S. The van der Waals surface area contributed by atoms with Gasteiger partial charge in [-0.15, -0.1) is 11.8 Å². The third-order valence-corrected chi connectivity index (χ3v) is 6.32. The standard InChI is InChI=1S/C20H26N4O3S/c1-3-22(4-2)11-12-23-18-10-6-9-17(18)19(21-20(23)25)28-14-15-7-5-8-16(13-15)24(26)27/h5,7-8,13H,3-4,6,9-12,14H2,1-2H3. The van der Waals surface area contributed by atoms with Crippen molar-refractivity contribution >= 4 is 17.4 Å². The van der Waals surface area contributed by atoms with Crippen LogP contribution in [0.15, 0.2) is 34.1 Å². The Morgan fingerprint density at radius 2 is 2.07 bits per heavy atom. The molecule has 1 aliphatic rings. The zero-order chi connectivity index (χ0) is 20.1. The number of aromatic nitrogens is 2. The van der Waals surface area contributed by atoms with Gasteiger partial charge in [0, 0.05) is 42.2 Å². The van der Waals surface area contributed by atoms with E-state index in [2.05, 4.69) is 23.7 Å². The van der Waals surface area contributed by atoms with Gasteiger partial charge in [0.15, 0.2) is 0 Å². The number of benzene rings is 1. The normalized spacial score (nSPS) is 13.1. The average molecular weight is 403 g/mol. The molecule has 150 valence electrons. The third-order valence-electron chi connectivity index (χ3n) is 5.23. The van der Waals surface area contributed by atoms with Gasteiger partial charge in [0.05, 0.1) is 4.92 Å². The fourth-order valence-electron chi connectivity index (χ4n) is 3.63. The van der Waals surface area contributed by atoms with Crippen molar-refractivity contribution in [1.82, 2.24) is 14.5 Å². The lowest BCUT2D eigenvalue weighted by molar-refractivity contribution is -0.384. The van der Waals surface area contributed by atoms with Gasteiger partial charge in [-0.2, -0.15) is 4.98 Å². The van der Waals surface area contributed by atoms with E-state index >= 15 is 0 Å². The Kier molecular flexibility index (Phi) is 6.85. The Balaban J connectivity index is 1.79. The summed E-state index contributed by atoms with van der Waals surface area (Å²) in [6.07, 6.45) is 2.89. The van der Waals surface area contributed by atoms with E-state index in [1.165, 1.54) is 23.4 Å². The van der Waals surface area contributed by atoms with Crippen LogP contribution in [-0.4, -0.2) is 39.0 Å². The van der Waals surface area contributed by atoms with Gasteiger partial charge in [-0.25, -0.2) is 4.79 Å². The molecule has 0 radical (unpaired) electrons.